The number of nitrogens with zero attached hydrogens (tertiary/aromatic N) is 1. The van der Waals surface area contributed by atoms with Gasteiger partial charge in [0.2, 0.25) is 0 Å². The maximum Gasteiger partial charge on any atom is 0.197 e. The summed E-state index contributed by atoms with van der Waals surface area (Å²) < 4.78 is 11.0. The molecular formula is C11H17NO3. The summed E-state index contributed by atoms with van der Waals surface area (Å²) >= 11 is 0. The lowest BCUT2D eigenvalue weighted by Gasteiger charge is -2.20. The first kappa shape index (κ1) is 10.6. The molecule has 0 aliphatic carbocycles. The van der Waals surface area contributed by atoms with E-state index in [9.17, 15) is 5.11 Å². The second kappa shape index (κ2) is 4.77. The number of oxazole rings is 1. The van der Waals surface area contributed by atoms with Gasteiger partial charge in [0.15, 0.2) is 11.7 Å². The molecule has 0 radical (unpaired) electrons. The Morgan fingerprint density at radius 2 is 2.47 bits per heavy atom. The van der Waals surface area contributed by atoms with Crippen molar-refractivity contribution < 1.29 is 14.3 Å². The molecule has 1 aliphatic rings. The van der Waals surface area contributed by atoms with Crippen LogP contribution in [0.3, 0.4) is 0 Å². The molecule has 2 unspecified atom stereocenters. The highest BCUT2D eigenvalue weighted by atomic mass is 16.5. The summed E-state index contributed by atoms with van der Waals surface area (Å²) in [4.78, 5) is 4.12. The van der Waals surface area contributed by atoms with E-state index in [0.29, 0.717) is 18.1 Å². The van der Waals surface area contributed by atoms with Gasteiger partial charge < -0.3 is 14.3 Å². The van der Waals surface area contributed by atoms with E-state index in [1.165, 1.54) is 6.42 Å². The van der Waals surface area contributed by atoms with Crippen molar-refractivity contribution in [2.24, 2.45) is 0 Å². The van der Waals surface area contributed by atoms with Crippen LogP contribution in [0.25, 0.3) is 0 Å². The summed E-state index contributed by atoms with van der Waals surface area (Å²) in [7, 11) is 0. The van der Waals surface area contributed by atoms with Crippen LogP contribution in [0.15, 0.2) is 10.6 Å². The lowest BCUT2D eigenvalue weighted by molar-refractivity contribution is 0.0126. The highest BCUT2D eigenvalue weighted by Gasteiger charge is 2.17. The van der Waals surface area contributed by atoms with Crippen molar-refractivity contribution in [3.05, 3.63) is 17.8 Å². The maximum atomic E-state index is 9.28. The zero-order valence-corrected chi connectivity index (χ0v) is 8.98. The maximum absolute atomic E-state index is 9.28. The first-order valence-corrected chi connectivity index (χ1v) is 5.50. The molecule has 0 saturated carbocycles. The van der Waals surface area contributed by atoms with Crippen molar-refractivity contribution in [3.8, 4) is 0 Å². The second-order valence-electron chi connectivity index (χ2n) is 4.03. The molecule has 2 atom stereocenters. The van der Waals surface area contributed by atoms with Crippen LogP contribution in [-0.2, 0) is 11.2 Å². The van der Waals surface area contributed by atoms with Gasteiger partial charge in [0.05, 0.1) is 18.7 Å². The Morgan fingerprint density at radius 3 is 3.07 bits per heavy atom. The fraction of sp³-hybridized carbons (Fsp3) is 0.727. The molecule has 84 valence electrons. The molecule has 1 aromatic heterocycles. The Bertz CT molecular complexity index is 303. The molecule has 1 saturated heterocycles. The van der Waals surface area contributed by atoms with Gasteiger partial charge in [0.25, 0.3) is 0 Å². The standard InChI is InChI=1S/C11H17NO3/c1-8(13)10-7-12-11(15-10)6-9-4-2-3-5-14-9/h7-9,13H,2-6H2,1H3. The van der Waals surface area contributed by atoms with Crippen LogP contribution in [0.5, 0.6) is 0 Å². The number of aliphatic hydroxyl groups excluding tert-OH is 1. The lowest BCUT2D eigenvalue weighted by atomic mass is 10.1. The Morgan fingerprint density at radius 1 is 1.60 bits per heavy atom. The first-order valence-electron chi connectivity index (χ1n) is 5.50. The normalized spacial score (nSPS) is 24.0. The van der Waals surface area contributed by atoms with Crippen LogP contribution in [-0.4, -0.2) is 22.8 Å². The Balaban J connectivity index is 1.91. The topological polar surface area (TPSA) is 55.5 Å². The minimum atomic E-state index is -0.585. The molecule has 2 heterocycles. The summed E-state index contributed by atoms with van der Waals surface area (Å²) in [5, 5.41) is 9.28. The van der Waals surface area contributed by atoms with Gasteiger partial charge in [-0.25, -0.2) is 4.98 Å². The van der Waals surface area contributed by atoms with Gasteiger partial charge in [0.1, 0.15) is 6.10 Å². The fourth-order valence-corrected chi connectivity index (χ4v) is 1.78. The molecule has 1 aliphatic heterocycles. The molecule has 0 amide bonds. The van der Waals surface area contributed by atoms with E-state index in [2.05, 4.69) is 4.98 Å². The monoisotopic (exact) mass is 211 g/mol. The third kappa shape index (κ3) is 2.79. The van der Waals surface area contributed by atoms with Gasteiger partial charge in [-0.2, -0.15) is 0 Å². The molecular weight excluding hydrogens is 194 g/mol. The molecule has 1 fully saturated rings. The van der Waals surface area contributed by atoms with Crippen molar-refractivity contribution in [1.29, 1.82) is 0 Å². The van der Waals surface area contributed by atoms with Crippen molar-refractivity contribution in [3.63, 3.8) is 0 Å². The summed E-state index contributed by atoms with van der Waals surface area (Å²) in [5.74, 6) is 1.19. The van der Waals surface area contributed by atoms with Gasteiger partial charge >= 0.3 is 0 Å². The van der Waals surface area contributed by atoms with Crippen molar-refractivity contribution in [1.82, 2.24) is 4.98 Å². The largest absolute Gasteiger partial charge is 0.443 e. The Hall–Kier alpha value is -0.870. The van der Waals surface area contributed by atoms with Crippen LogP contribution in [0.2, 0.25) is 0 Å². The number of hydrogen-bond acceptors (Lipinski definition) is 4. The quantitative estimate of drug-likeness (QED) is 0.828. The molecule has 2 rings (SSSR count). The van der Waals surface area contributed by atoms with E-state index >= 15 is 0 Å². The number of aliphatic hydroxyl groups is 1. The Kier molecular flexibility index (Phi) is 3.38. The van der Waals surface area contributed by atoms with Crippen LogP contribution >= 0.6 is 0 Å². The van der Waals surface area contributed by atoms with Gasteiger partial charge in [-0.05, 0) is 26.2 Å². The van der Waals surface area contributed by atoms with E-state index in [4.69, 9.17) is 9.15 Å². The molecule has 4 heteroatoms. The fourth-order valence-electron chi connectivity index (χ4n) is 1.78. The summed E-state index contributed by atoms with van der Waals surface area (Å²) in [5.41, 5.74) is 0. The zero-order chi connectivity index (χ0) is 10.7. The number of ether oxygens (including phenoxy) is 1. The molecule has 4 nitrogen and oxygen atoms in total. The highest BCUT2D eigenvalue weighted by Crippen LogP contribution is 2.19. The average Bonchev–Trinajstić information content (AvgIpc) is 2.68. The predicted octanol–water partition coefficient (Wildman–Crippen LogP) is 1.84. The third-order valence-corrected chi connectivity index (χ3v) is 2.66. The van der Waals surface area contributed by atoms with Crippen molar-refractivity contribution >= 4 is 0 Å². The number of rotatable bonds is 3. The number of hydrogen-bond donors (Lipinski definition) is 1. The molecule has 1 aromatic rings. The van der Waals surface area contributed by atoms with Crippen LogP contribution < -0.4 is 0 Å². The smallest absolute Gasteiger partial charge is 0.197 e. The van der Waals surface area contributed by atoms with Crippen molar-refractivity contribution in [2.45, 2.75) is 44.8 Å². The van der Waals surface area contributed by atoms with Gasteiger partial charge in [-0.1, -0.05) is 0 Å². The van der Waals surface area contributed by atoms with E-state index in [1.54, 1.807) is 13.1 Å². The summed E-state index contributed by atoms with van der Waals surface area (Å²) in [6.07, 6.45) is 5.40. The first-order chi connectivity index (χ1) is 7.25. The molecule has 0 bridgehead atoms. The lowest BCUT2D eigenvalue weighted by Crippen LogP contribution is -2.21. The van der Waals surface area contributed by atoms with E-state index in [1.807, 2.05) is 0 Å². The minimum absolute atomic E-state index is 0.235. The van der Waals surface area contributed by atoms with Gasteiger partial charge in [-0.3, -0.25) is 0 Å². The highest BCUT2D eigenvalue weighted by molar-refractivity contribution is 4.97. The predicted molar refractivity (Wildman–Crippen MR) is 54.4 cm³/mol. The molecule has 15 heavy (non-hydrogen) atoms. The van der Waals surface area contributed by atoms with Crippen molar-refractivity contribution in [2.75, 3.05) is 6.61 Å². The number of aromatic nitrogens is 1. The second-order valence-corrected chi connectivity index (χ2v) is 4.03. The van der Waals surface area contributed by atoms with E-state index < -0.39 is 6.10 Å². The van der Waals surface area contributed by atoms with E-state index in [0.717, 1.165) is 19.4 Å². The summed E-state index contributed by atoms with van der Waals surface area (Å²) in [6, 6.07) is 0. The Labute approximate surface area is 89.3 Å². The molecule has 0 aromatic carbocycles. The van der Waals surface area contributed by atoms with Crippen LogP contribution in [0.1, 0.15) is 43.9 Å². The third-order valence-electron chi connectivity index (χ3n) is 2.66. The van der Waals surface area contributed by atoms with Crippen LogP contribution in [0, 0.1) is 0 Å². The SMILES string of the molecule is CC(O)c1cnc(CC2CCCCO2)o1. The van der Waals surface area contributed by atoms with Gasteiger partial charge in [0, 0.05) is 6.61 Å². The van der Waals surface area contributed by atoms with Crippen LogP contribution in [0.4, 0.5) is 0 Å². The minimum Gasteiger partial charge on any atom is -0.443 e. The molecule has 0 spiro atoms. The summed E-state index contributed by atoms with van der Waals surface area (Å²) in [6.45, 7) is 2.51. The average molecular weight is 211 g/mol. The zero-order valence-electron chi connectivity index (χ0n) is 8.98. The molecule has 1 N–H and O–H groups in total. The van der Waals surface area contributed by atoms with Gasteiger partial charge in [-0.15, -0.1) is 0 Å². The van der Waals surface area contributed by atoms with E-state index in [-0.39, 0.29) is 6.10 Å².